The van der Waals surface area contributed by atoms with Crippen molar-refractivity contribution in [2.75, 3.05) is 121 Å². The second-order valence-corrected chi connectivity index (χ2v) is 38.3. The number of hydrogen-bond donors (Lipinski definition) is 0. The van der Waals surface area contributed by atoms with Crippen molar-refractivity contribution in [2.24, 2.45) is 30.7 Å². The van der Waals surface area contributed by atoms with E-state index in [1.165, 1.54) is 257 Å². The third-order valence-corrected chi connectivity index (χ3v) is 26.1. The zero-order valence-corrected chi connectivity index (χ0v) is 89.1. The summed E-state index contributed by atoms with van der Waals surface area (Å²) < 4.78 is 50.2. The van der Waals surface area contributed by atoms with Crippen LogP contribution in [0.15, 0.2) is 176 Å². The number of benzene rings is 6. The number of ether oxygens (including phenoxy) is 9. The van der Waals surface area contributed by atoms with Crippen molar-refractivity contribution in [3.8, 4) is 0 Å². The molecular formula is C119H181N9O16. The molecule has 0 aromatic heterocycles. The minimum atomic E-state index is -0.556. The standard InChI is InChI=1S/C119H181N9O16/c1-6-10-14-18-22-26-30-34-38-42-46-50-54-58-113(129)138-92-86-126(87-93-139-114(130)59-55-51-47-43-39-35-31-27-23-19-15-11-7-2)110-80-74-107(75-81-110)123-120-104-68-62-101(63-69-104)117(133)142-96-90-128(112-84-78-109(79-85-112)125-122-106-72-66-103(67-73-106)119(135)144-100-137-99-98-136-5)91-97-143-118(134)102-64-70-105(71-65-102)121-124-108-76-82-111(83-77-108)127(88-94-140-115(131)60-56-52-48-44-40-36-32-28-24-20-16-12-8-3)89-95-141-116(132)61-57-53-49-45-41-37-33-29-25-21-17-13-9-4/h62-85H,6-61,86-100H2,1-5H3. The van der Waals surface area contributed by atoms with Gasteiger partial charge in [0.05, 0.1) is 103 Å². The van der Waals surface area contributed by atoms with Crippen LogP contribution in [-0.2, 0) is 61.8 Å². The average molecular weight is 1990 g/mol. The molecule has 0 aliphatic rings. The molecule has 0 saturated carbocycles. The van der Waals surface area contributed by atoms with E-state index in [-0.39, 0.29) is 90.0 Å². The molecule has 0 saturated heterocycles. The molecule has 25 nitrogen and oxygen atoms in total. The molecule has 0 aliphatic carbocycles. The van der Waals surface area contributed by atoms with Gasteiger partial charge in [0.2, 0.25) is 0 Å². The highest BCUT2D eigenvalue weighted by atomic mass is 16.7. The number of carbonyl (C=O) groups excluding carboxylic acids is 7. The van der Waals surface area contributed by atoms with Crippen molar-refractivity contribution in [1.82, 2.24) is 0 Å². The second kappa shape index (κ2) is 83.9. The first-order valence-electron chi connectivity index (χ1n) is 56.1. The van der Waals surface area contributed by atoms with E-state index in [4.69, 9.17) is 42.6 Å². The first-order chi connectivity index (χ1) is 70.8. The largest absolute Gasteiger partial charge is 0.464 e. The molecule has 0 fully saturated rings. The van der Waals surface area contributed by atoms with Crippen LogP contribution in [0.1, 0.15) is 418 Å². The third-order valence-electron chi connectivity index (χ3n) is 26.1. The van der Waals surface area contributed by atoms with Gasteiger partial charge in [0, 0.05) is 49.9 Å². The molecule has 0 unspecified atom stereocenters. The first-order valence-corrected chi connectivity index (χ1v) is 56.1. The van der Waals surface area contributed by atoms with Gasteiger partial charge in [-0.2, -0.15) is 30.7 Å². The fourth-order valence-electron chi connectivity index (χ4n) is 17.2. The SMILES string of the molecule is CCCCCCCCCCCCCCCC(=O)OCCN(CCOC(=O)CCCCCCCCCCCCCCC)c1ccc(N=Nc2ccc(C(=O)OCCN(CCOC(=O)c3ccc(N=Nc4ccc(N(CCOC(=O)CCCCCCCCCCCCCCC)CCOC(=O)CCCCCCCCCCCCCCC)cc4)cc3)c3ccc(N=Nc4ccc(C(=O)OCOCCOC)cc4)cc3)cc2)cc1. The van der Waals surface area contributed by atoms with Gasteiger partial charge in [-0.3, -0.25) is 19.2 Å². The summed E-state index contributed by atoms with van der Waals surface area (Å²) in [5.74, 6) is -2.46. The fraction of sp³-hybridized carbons (Fsp3) is 0.639. The zero-order chi connectivity index (χ0) is 102. The highest BCUT2D eigenvalue weighted by molar-refractivity contribution is 5.91. The Kier molecular flexibility index (Phi) is 71.3. The number of anilines is 3. The summed E-state index contributed by atoms with van der Waals surface area (Å²) >= 11 is 0. The first kappa shape index (κ1) is 122. The number of azo groups is 3. The van der Waals surface area contributed by atoms with Gasteiger partial charge in [-0.15, -0.1) is 0 Å². The van der Waals surface area contributed by atoms with Crippen LogP contribution in [0.25, 0.3) is 0 Å². The van der Waals surface area contributed by atoms with Gasteiger partial charge < -0.3 is 57.3 Å². The van der Waals surface area contributed by atoms with E-state index in [0.717, 1.165) is 94.1 Å². The lowest BCUT2D eigenvalue weighted by Crippen LogP contribution is -2.32. The third kappa shape index (κ3) is 61.2. The van der Waals surface area contributed by atoms with Crippen LogP contribution in [0.3, 0.4) is 0 Å². The van der Waals surface area contributed by atoms with Crippen molar-refractivity contribution >= 4 is 93.0 Å². The highest BCUT2D eigenvalue weighted by Gasteiger charge is 2.19. The van der Waals surface area contributed by atoms with E-state index >= 15 is 0 Å². The molecule has 0 radical (unpaired) electrons. The maximum atomic E-state index is 13.7. The van der Waals surface area contributed by atoms with Crippen molar-refractivity contribution in [3.05, 3.63) is 162 Å². The van der Waals surface area contributed by atoms with Gasteiger partial charge in [0.1, 0.15) is 39.6 Å². The predicted octanol–water partition coefficient (Wildman–Crippen LogP) is 32.9. The lowest BCUT2D eigenvalue weighted by atomic mass is 10.0. The Labute approximate surface area is 865 Å². The van der Waals surface area contributed by atoms with Crippen molar-refractivity contribution in [2.45, 2.75) is 387 Å². The van der Waals surface area contributed by atoms with Gasteiger partial charge in [-0.05, 0) is 171 Å². The van der Waals surface area contributed by atoms with Crippen LogP contribution in [0.4, 0.5) is 51.2 Å². The van der Waals surface area contributed by atoms with Gasteiger partial charge in [0.25, 0.3) is 0 Å². The van der Waals surface area contributed by atoms with Crippen LogP contribution in [0.5, 0.6) is 0 Å². The molecule has 6 aromatic carbocycles. The van der Waals surface area contributed by atoms with Gasteiger partial charge in [0.15, 0.2) is 6.79 Å². The summed E-state index contributed by atoms with van der Waals surface area (Å²) in [6.07, 6.45) is 65.7. The van der Waals surface area contributed by atoms with E-state index in [1.807, 2.05) is 65.6 Å². The van der Waals surface area contributed by atoms with Crippen LogP contribution in [0.2, 0.25) is 0 Å². The molecule has 25 heteroatoms. The summed E-state index contributed by atoms with van der Waals surface area (Å²) in [6, 6.07) is 42.1. The number of rotatable bonds is 91. The molecule has 144 heavy (non-hydrogen) atoms. The maximum Gasteiger partial charge on any atom is 0.340 e. The zero-order valence-electron chi connectivity index (χ0n) is 89.1. The molecule has 0 heterocycles. The van der Waals surface area contributed by atoms with Crippen molar-refractivity contribution in [3.63, 3.8) is 0 Å². The second-order valence-electron chi connectivity index (χ2n) is 38.3. The molecule has 0 bridgehead atoms. The van der Waals surface area contributed by atoms with Crippen LogP contribution < -0.4 is 14.7 Å². The molecule has 0 spiro atoms. The topological polar surface area (TPSA) is 286 Å². The predicted molar refractivity (Wildman–Crippen MR) is 582 cm³/mol. The van der Waals surface area contributed by atoms with Crippen LogP contribution in [-0.4, -0.2) is 148 Å². The molecule has 6 aromatic rings. The Hall–Kier alpha value is -10.3. The number of esters is 7. The normalized spacial score (nSPS) is 11.4. The van der Waals surface area contributed by atoms with E-state index in [1.54, 1.807) is 92.0 Å². The van der Waals surface area contributed by atoms with E-state index in [0.29, 0.717) is 109 Å². The van der Waals surface area contributed by atoms with Crippen LogP contribution >= 0.6 is 0 Å². The smallest absolute Gasteiger partial charge is 0.340 e. The van der Waals surface area contributed by atoms with E-state index < -0.39 is 17.9 Å². The average Bonchev–Trinajstić information content (AvgIpc) is 0.882. The number of methoxy groups -OCH3 is 1. The maximum absolute atomic E-state index is 13.7. The molecule has 6 rings (SSSR count). The molecular weight excluding hydrogens is 1810 g/mol. The quantitative estimate of drug-likeness (QED) is 0.0113. The number of hydrogen-bond acceptors (Lipinski definition) is 25. The Balaban J connectivity index is 1.02. The molecule has 0 N–H and O–H groups in total. The summed E-state index contributed by atoms with van der Waals surface area (Å²) in [6.45, 7) is 12.3. The Morgan fingerprint density at radius 1 is 0.201 bits per heavy atom. The summed E-state index contributed by atoms with van der Waals surface area (Å²) in [5, 5.41) is 26.8. The number of nitrogens with zero attached hydrogens (tertiary/aromatic N) is 9. The Bertz CT molecular complexity index is 4050. The van der Waals surface area contributed by atoms with E-state index in [2.05, 4.69) is 68.2 Å². The van der Waals surface area contributed by atoms with Gasteiger partial charge in [-0.25, -0.2) is 14.4 Å². The Morgan fingerprint density at radius 2 is 0.375 bits per heavy atom. The summed E-state index contributed by atoms with van der Waals surface area (Å²) in [4.78, 5) is 97.9. The summed E-state index contributed by atoms with van der Waals surface area (Å²) in [7, 11) is 1.56. The van der Waals surface area contributed by atoms with E-state index in [9.17, 15) is 33.6 Å². The Morgan fingerprint density at radius 3 is 0.569 bits per heavy atom. The molecule has 0 atom stereocenters. The van der Waals surface area contributed by atoms with Crippen LogP contribution in [0, 0.1) is 0 Å². The summed E-state index contributed by atoms with van der Waals surface area (Å²) in [5.41, 5.74) is 6.58. The molecule has 798 valence electrons. The lowest BCUT2D eigenvalue weighted by molar-refractivity contribution is -0.144. The van der Waals surface area contributed by atoms with Gasteiger partial charge in [-0.1, -0.05) is 336 Å². The number of carbonyl (C=O) groups is 7. The van der Waals surface area contributed by atoms with Gasteiger partial charge >= 0.3 is 41.8 Å². The minimum absolute atomic E-state index is 0.0298. The van der Waals surface area contributed by atoms with Crippen molar-refractivity contribution < 1.29 is 76.2 Å². The molecule has 0 amide bonds. The molecule has 0 aliphatic heterocycles. The van der Waals surface area contributed by atoms with Crippen molar-refractivity contribution in [1.29, 1.82) is 0 Å². The highest BCUT2D eigenvalue weighted by Crippen LogP contribution is 2.30. The fourth-order valence-corrected chi connectivity index (χ4v) is 17.2. The number of unbranched alkanes of at least 4 members (excludes halogenated alkanes) is 48. The minimum Gasteiger partial charge on any atom is -0.464 e. The lowest BCUT2D eigenvalue weighted by Gasteiger charge is -2.24. The monoisotopic (exact) mass is 1990 g/mol.